The van der Waals surface area contributed by atoms with Crippen LogP contribution in [-0.4, -0.2) is 48.5 Å². The zero-order chi connectivity index (χ0) is 22.0. The molecule has 31 heavy (non-hydrogen) atoms. The number of aryl methyl sites for hydroxylation is 2. The van der Waals surface area contributed by atoms with Gasteiger partial charge in [-0.15, -0.1) is 0 Å². The van der Waals surface area contributed by atoms with Crippen molar-refractivity contribution in [2.24, 2.45) is 0 Å². The predicted molar refractivity (Wildman–Crippen MR) is 117 cm³/mol. The zero-order valence-electron chi connectivity index (χ0n) is 18.4. The number of carbonyl (C=O) groups is 2. The largest absolute Gasteiger partial charge is 0.490 e. The highest BCUT2D eigenvalue weighted by Crippen LogP contribution is 2.41. The number of ketones is 1. The number of ether oxygens (including phenoxy) is 3. The molecule has 2 heterocycles. The molecule has 6 nitrogen and oxygen atoms in total. The number of piperidine rings is 1. The van der Waals surface area contributed by atoms with Gasteiger partial charge in [-0.1, -0.05) is 18.2 Å². The van der Waals surface area contributed by atoms with Gasteiger partial charge in [-0.25, -0.2) is 0 Å². The lowest BCUT2D eigenvalue weighted by molar-refractivity contribution is -0.136. The quantitative estimate of drug-likeness (QED) is 0.724. The van der Waals surface area contributed by atoms with E-state index < -0.39 is 5.60 Å². The molecule has 1 spiro atoms. The molecule has 0 saturated carbocycles. The van der Waals surface area contributed by atoms with Gasteiger partial charge in [0.1, 0.15) is 11.4 Å². The lowest BCUT2D eigenvalue weighted by Gasteiger charge is -2.44. The molecule has 164 valence electrons. The lowest BCUT2D eigenvalue weighted by atomic mass is 9.81. The van der Waals surface area contributed by atoms with Gasteiger partial charge in [0.2, 0.25) is 0 Å². The second kappa shape index (κ2) is 8.61. The Morgan fingerprint density at radius 2 is 1.77 bits per heavy atom. The molecule has 6 heteroatoms. The summed E-state index contributed by atoms with van der Waals surface area (Å²) in [4.78, 5) is 27.4. The van der Waals surface area contributed by atoms with E-state index in [0.29, 0.717) is 61.8 Å². The topological polar surface area (TPSA) is 65.1 Å². The molecule has 2 aromatic carbocycles. The molecule has 4 rings (SSSR count). The van der Waals surface area contributed by atoms with E-state index in [4.69, 9.17) is 14.2 Å². The fourth-order valence-electron chi connectivity index (χ4n) is 4.53. The van der Waals surface area contributed by atoms with E-state index in [2.05, 4.69) is 0 Å². The summed E-state index contributed by atoms with van der Waals surface area (Å²) in [6.07, 6.45) is 1.63. The van der Waals surface area contributed by atoms with E-state index in [1.165, 1.54) is 0 Å². The summed E-state index contributed by atoms with van der Waals surface area (Å²) >= 11 is 0. The van der Waals surface area contributed by atoms with Crippen LogP contribution in [0.3, 0.4) is 0 Å². The molecule has 2 aliphatic heterocycles. The third kappa shape index (κ3) is 4.38. The highest BCUT2D eigenvalue weighted by atomic mass is 16.5. The Bertz CT molecular complexity index is 991. The van der Waals surface area contributed by atoms with Gasteiger partial charge >= 0.3 is 0 Å². The summed E-state index contributed by atoms with van der Waals surface area (Å²) in [5.74, 6) is 1.94. The molecule has 0 radical (unpaired) electrons. The molecule has 1 fully saturated rings. The van der Waals surface area contributed by atoms with Crippen molar-refractivity contribution in [1.82, 2.24) is 4.90 Å². The van der Waals surface area contributed by atoms with Crippen LogP contribution in [0, 0.1) is 13.8 Å². The van der Waals surface area contributed by atoms with Crippen LogP contribution >= 0.6 is 0 Å². The van der Waals surface area contributed by atoms with E-state index in [1.54, 1.807) is 11.0 Å². The fourth-order valence-corrected chi connectivity index (χ4v) is 4.53. The average molecular weight is 424 g/mol. The monoisotopic (exact) mass is 423 g/mol. The highest BCUT2D eigenvalue weighted by molar-refractivity contribution is 6.01. The number of para-hydroxylation sites is 2. The number of hydrogen-bond acceptors (Lipinski definition) is 5. The molecule has 0 unspecified atom stereocenters. The Labute approximate surface area is 183 Å². The molecule has 2 aliphatic rings. The maximum absolute atomic E-state index is 12.9. The van der Waals surface area contributed by atoms with Crippen LogP contribution in [0.25, 0.3) is 0 Å². The van der Waals surface area contributed by atoms with Gasteiger partial charge in [0.05, 0.1) is 18.6 Å². The van der Waals surface area contributed by atoms with Crippen molar-refractivity contribution in [3.8, 4) is 17.2 Å². The first kappa shape index (κ1) is 21.2. The summed E-state index contributed by atoms with van der Waals surface area (Å²) in [6, 6.07) is 11.3. The van der Waals surface area contributed by atoms with E-state index >= 15 is 0 Å². The van der Waals surface area contributed by atoms with Gasteiger partial charge in [-0.3, -0.25) is 9.59 Å². The van der Waals surface area contributed by atoms with Crippen LogP contribution in [0.4, 0.5) is 0 Å². The van der Waals surface area contributed by atoms with Crippen molar-refractivity contribution in [3.63, 3.8) is 0 Å². The molecule has 0 N–H and O–H groups in total. The van der Waals surface area contributed by atoms with Gasteiger partial charge in [0.15, 0.2) is 23.9 Å². The van der Waals surface area contributed by atoms with Gasteiger partial charge in [-0.05, 0) is 50.1 Å². The Morgan fingerprint density at radius 1 is 1.10 bits per heavy atom. The maximum atomic E-state index is 12.9. The summed E-state index contributed by atoms with van der Waals surface area (Å²) in [5, 5.41) is 0. The molecular weight excluding hydrogens is 394 g/mol. The van der Waals surface area contributed by atoms with Crippen LogP contribution in [0.1, 0.15) is 47.7 Å². The van der Waals surface area contributed by atoms with Gasteiger partial charge < -0.3 is 19.1 Å². The number of Topliss-reactive ketones (excluding diaryl/α,β-unsaturated/α-hetero) is 1. The van der Waals surface area contributed by atoms with E-state index in [9.17, 15) is 9.59 Å². The molecular formula is C25H29NO5. The summed E-state index contributed by atoms with van der Waals surface area (Å²) in [6.45, 7) is 7.45. The van der Waals surface area contributed by atoms with Crippen molar-refractivity contribution in [1.29, 1.82) is 0 Å². The summed E-state index contributed by atoms with van der Waals surface area (Å²) in [5.41, 5.74) is 2.23. The van der Waals surface area contributed by atoms with Gasteiger partial charge in [0.25, 0.3) is 5.91 Å². The Balaban J connectivity index is 1.37. The first-order chi connectivity index (χ1) is 14.9. The van der Waals surface area contributed by atoms with Gasteiger partial charge in [-0.2, -0.15) is 0 Å². The molecule has 0 atom stereocenters. The third-order valence-electron chi connectivity index (χ3n) is 6.06. The second-order valence-electron chi connectivity index (χ2n) is 8.39. The maximum Gasteiger partial charge on any atom is 0.260 e. The smallest absolute Gasteiger partial charge is 0.260 e. The number of rotatable bonds is 5. The Hall–Kier alpha value is -3.02. The van der Waals surface area contributed by atoms with E-state index in [1.807, 2.05) is 51.1 Å². The number of hydrogen-bond donors (Lipinski definition) is 0. The number of amides is 1. The highest BCUT2D eigenvalue weighted by Gasteiger charge is 2.44. The number of fused-ring (bicyclic) bond motifs is 1. The first-order valence-corrected chi connectivity index (χ1v) is 10.9. The molecule has 2 aromatic rings. The minimum Gasteiger partial charge on any atom is -0.490 e. The van der Waals surface area contributed by atoms with Crippen LogP contribution < -0.4 is 14.2 Å². The van der Waals surface area contributed by atoms with Crippen molar-refractivity contribution >= 4 is 11.7 Å². The molecule has 0 aromatic heterocycles. The third-order valence-corrected chi connectivity index (χ3v) is 6.06. The SMILES string of the molecule is CCOc1ccccc1OCC(=O)N1CCC2(CC1)CC(=O)c1c(C)cc(C)cc1O2. The Kier molecular flexibility index (Phi) is 5.90. The standard InChI is InChI=1S/C25H29NO5/c1-4-29-20-7-5-6-8-21(20)30-16-23(28)26-11-9-25(10-12-26)15-19(27)24-18(3)13-17(2)14-22(24)31-25/h5-8,13-14H,4,9-12,15-16H2,1-3H3. The number of benzene rings is 2. The molecule has 1 amide bonds. The van der Waals surface area contributed by atoms with Crippen LogP contribution in [-0.2, 0) is 4.79 Å². The van der Waals surface area contributed by atoms with Crippen LogP contribution in [0.15, 0.2) is 36.4 Å². The fraction of sp³-hybridized carbons (Fsp3) is 0.440. The minimum absolute atomic E-state index is 0.0436. The Morgan fingerprint density at radius 3 is 2.45 bits per heavy atom. The van der Waals surface area contributed by atoms with Crippen LogP contribution in [0.2, 0.25) is 0 Å². The summed E-state index contributed by atoms with van der Waals surface area (Å²) < 4.78 is 17.7. The molecule has 1 saturated heterocycles. The molecule has 0 aliphatic carbocycles. The molecule has 0 bridgehead atoms. The normalized spacial score (nSPS) is 17.1. The summed E-state index contributed by atoms with van der Waals surface area (Å²) in [7, 11) is 0. The van der Waals surface area contributed by atoms with E-state index in [-0.39, 0.29) is 18.3 Å². The number of carbonyl (C=O) groups excluding carboxylic acids is 2. The van der Waals surface area contributed by atoms with Crippen molar-refractivity contribution < 1.29 is 23.8 Å². The first-order valence-electron chi connectivity index (χ1n) is 10.9. The van der Waals surface area contributed by atoms with E-state index in [0.717, 1.165) is 11.1 Å². The van der Waals surface area contributed by atoms with Crippen molar-refractivity contribution in [2.75, 3.05) is 26.3 Å². The van der Waals surface area contributed by atoms with Crippen molar-refractivity contribution in [3.05, 3.63) is 53.1 Å². The lowest BCUT2D eigenvalue weighted by Crippen LogP contribution is -2.53. The minimum atomic E-state index is -0.524. The predicted octanol–water partition coefficient (Wildman–Crippen LogP) is 4.11. The second-order valence-corrected chi connectivity index (χ2v) is 8.39. The van der Waals surface area contributed by atoms with Crippen molar-refractivity contribution in [2.45, 2.75) is 45.6 Å². The number of nitrogens with zero attached hydrogens (tertiary/aromatic N) is 1. The van der Waals surface area contributed by atoms with Gasteiger partial charge in [0, 0.05) is 25.9 Å². The zero-order valence-corrected chi connectivity index (χ0v) is 18.4. The van der Waals surface area contributed by atoms with Crippen LogP contribution in [0.5, 0.6) is 17.2 Å². The average Bonchev–Trinajstić information content (AvgIpc) is 2.72. The number of likely N-dealkylation sites (tertiary alicyclic amines) is 1.